The molecule has 1 aromatic carbocycles. The molecule has 2 aromatic rings. The molecule has 0 aliphatic carbocycles. The maximum atomic E-state index is 10.9. The van der Waals surface area contributed by atoms with E-state index >= 15 is 0 Å². The zero-order chi connectivity index (χ0) is 10.8. The van der Waals surface area contributed by atoms with E-state index in [1.54, 1.807) is 18.2 Å². The summed E-state index contributed by atoms with van der Waals surface area (Å²) < 4.78 is 1.72. The van der Waals surface area contributed by atoms with Crippen LogP contribution in [0, 0.1) is 4.77 Å². The summed E-state index contributed by atoms with van der Waals surface area (Å²) in [6.45, 7) is 0. The van der Waals surface area contributed by atoms with Gasteiger partial charge < -0.3 is 0 Å². The number of tetrazole rings is 1. The van der Waals surface area contributed by atoms with Gasteiger partial charge in [0.25, 0.3) is 0 Å². The third kappa shape index (κ3) is 1.83. The SMILES string of the molecule is O=Cc1cc(S)ccc1-n1[nH]nnc1=S. The predicted molar refractivity (Wildman–Crippen MR) is 59.2 cm³/mol. The standard InChI is InChI=1S/C8H6N4OS2/c13-4-5-3-6(14)1-2-7(5)12-8(15)9-10-11-12/h1-4,14H,(H,9,11,15). The van der Waals surface area contributed by atoms with Crippen molar-refractivity contribution in [3.8, 4) is 5.69 Å². The number of benzene rings is 1. The molecule has 0 unspecified atom stereocenters. The highest BCUT2D eigenvalue weighted by Crippen LogP contribution is 2.16. The largest absolute Gasteiger partial charge is 0.298 e. The van der Waals surface area contributed by atoms with Gasteiger partial charge in [-0.2, -0.15) is 5.21 Å². The third-order valence-electron chi connectivity index (χ3n) is 1.85. The van der Waals surface area contributed by atoms with Gasteiger partial charge in [0, 0.05) is 10.5 Å². The molecule has 0 saturated carbocycles. The van der Waals surface area contributed by atoms with Gasteiger partial charge in [-0.3, -0.25) is 4.79 Å². The molecule has 0 atom stereocenters. The minimum atomic E-state index is 0.269. The quantitative estimate of drug-likeness (QED) is 0.472. The fraction of sp³-hybridized carbons (Fsp3) is 0. The Labute approximate surface area is 95.5 Å². The lowest BCUT2D eigenvalue weighted by atomic mass is 10.2. The molecule has 2 rings (SSSR count). The fourth-order valence-corrected chi connectivity index (χ4v) is 1.59. The molecule has 0 fully saturated rings. The van der Waals surface area contributed by atoms with E-state index in [2.05, 4.69) is 28.2 Å². The van der Waals surface area contributed by atoms with Crippen molar-refractivity contribution in [1.29, 1.82) is 0 Å². The Morgan fingerprint density at radius 1 is 1.53 bits per heavy atom. The summed E-state index contributed by atoms with van der Waals surface area (Å²) in [6, 6.07) is 5.13. The number of nitrogens with zero attached hydrogens (tertiary/aromatic N) is 3. The van der Waals surface area contributed by atoms with Crippen LogP contribution in [0.2, 0.25) is 0 Å². The summed E-state index contributed by atoms with van der Waals surface area (Å²) in [7, 11) is 0. The molecule has 0 amide bonds. The molecule has 0 spiro atoms. The van der Waals surface area contributed by atoms with E-state index in [1.807, 2.05) is 0 Å². The average Bonchev–Trinajstić information content (AvgIpc) is 2.64. The van der Waals surface area contributed by atoms with Gasteiger partial charge in [-0.25, -0.2) is 4.68 Å². The number of aromatic nitrogens is 4. The van der Waals surface area contributed by atoms with Crippen LogP contribution in [-0.2, 0) is 0 Å². The normalized spacial score (nSPS) is 10.2. The number of rotatable bonds is 2. The van der Waals surface area contributed by atoms with Gasteiger partial charge in [0.15, 0.2) is 6.29 Å². The Bertz CT molecular complexity index is 560. The molecule has 7 heteroatoms. The van der Waals surface area contributed by atoms with E-state index in [9.17, 15) is 4.79 Å². The van der Waals surface area contributed by atoms with Crippen LogP contribution in [0.15, 0.2) is 23.1 Å². The summed E-state index contributed by atoms with van der Waals surface area (Å²) in [6.07, 6.45) is 0.734. The van der Waals surface area contributed by atoms with Crippen LogP contribution in [0.25, 0.3) is 5.69 Å². The molecular weight excluding hydrogens is 232 g/mol. The first-order valence-electron chi connectivity index (χ1n) is 4.01. The molecule has 0 aliphatic rings. The van der Waals surface area contributed by atoms with Gasteiger partial charge in [0.1, 0.15) is 0 Å². The monoisotopic (exact) mass is 238 g/mol. The highest BCUT2D eigenvalue weighted by atomic mass is 32.1. The molecule has 15 heavy (non-hydrogen) atoms. The number of thiol groups is 1. The molecule has 1 heterocycles. The van der Waals surface area contributed by atoms with E-state index < -0.39 is 0 Å². The van der Waals surface area contributed by atoms with Crippen LogP contribution in [0.3, 0.4) is 0 Å². The minimum Gasteiger partial charge on any atom is -0.298 e. The van der Waals surface area contributed by atoms with Crippen molar-refractivity contribution in [2.75, 3.05) is 0 Å². The number of aldehydes is 1. The second-order valence-corrected chi connectivity index (χ2v) is 3.66. The van der Waals surface area contributed by atoms with E-state index in [0.717, 1.165) is 6.29 Å². The predicted octanol–water partition coefficient (Wildman–Crippen LogP) is 1.43. The van der Waals surface area contributed by atoms with E-state index in [-0.39, 0.29) is 4.77 Å². The van der Waals surface area contributed by atoms with Crippen LogP contribution in [0.1, 0.15) is 10.4 Å². The summed E-state index contributed by atoms with van der Waals surface area (Å²) in [5, 5.41) is 9.76. The van der Waals surface area contributed by atoms with Crippen molar-refractivity contribution in [2.24, 2.45) is 0 Å². The first-order chi connectivity index (χ1) is 7.22. The summed E-state index contributed by atoms with van der Waals surface area (Å²) in [4.78, 5) is 11.6. The Morgan fingerprint density at radius 2 is 2.33 bits per heavy atom. The molecule has 0 radical (unpaired) electrons. The van der Waals surface area contributed by atoms with Crippen LogP contribution < -0.4 is 0 Å². The van der Waals surface area contributed by atoms with Gasteiger partial charge in [0.05, 0.1) is 5.69 Å². The number of carbonyl (C=O) groups is 1. The van der Waals surface area contributed by atoms with Crippen molar-refractivity contribution in [3.05, 3.63) is 28.5 Å². The second-order valence-electron chi connectivity index (χ2n) is 2.78. The zero-order valence-corrected chi connectivity index (χ0v) is 9.13. The third-order valence-corrected chi connectivity index (χ3v) is 2.39. The maximum Gasteiger partial charge on any atom is 0.242 e. The molecule has 0 bridgehead atoms. The second kappa shape index (κ2) is 3.95. The van der Waals surface area contributed by atoms with Crippen LogP contribution in [-0.4, -0.2) is 26.5 Å². The fourth-order valence-electron chi connectivity index (χ4n) is 1.19. The Kier molecular flexibility index (Phi) is 2.65. The number of hydrogen-bond donors (Lipinski definition) is 2. The first kappa shape index (κ1) is 10.1. The lowest BCUT2D eigenvalue weighted by molar-refractivity contribution is 0.112. The Balaban J connectivity index is 2.68. The number of aromatic amines is 1. The number of H-pyrrole nitrogens is 1. The molecule has 5 nitrogen and oxygen atoms in total. The van der Waals surface area contributed by atoms with Gasteiger partial charge >= 0.3 is 0 Å². The Hall–Kier alpha value is -1.47. The van der Waals surface area contributed by atoms with Crippen molar-refractivity contribution >= 4 is 31.1 Å². The number of carbonyl (C=O) groups excluding carboxylic acids is 1. The highest BCUT2D eigenvalue weighted by Gasteiger charge is 2.06. The first-order valence-corrected chi connectivity index (χ1v) is 4.86. The molecule has 0 saturated heterocycles. The van der Waals surface area contributed by atoms with E-state index in [1.165, 1.54) is 4.68 Å². The van der Waals surface area contributed by atoms with Crippen LogP contribution in [0.5, 0.6) is 0 Å². The molecular formula is C8H6N4OS2. The maximum absolute atomic E-state index is 10.9. The van der Waals surface area contributed by atoms with Crippen LogP contribution in [0.4, 0.5) is 0 Å². The minimum absolute atomic E-state index is 0.269. The number of hydrogen-bond acceptors (Lipinski definition) is 5. The smallest absolute Gasteiger partial charge is 0.242 e. The van der Waals surface area contributed by atoms with Gasteiger partial charge in [0.2, 0.25) is 4.77 Å². The molecule has 1 aromatic heterocycles. The summed E-state index contributed by atoms with van der Waals surface area (Å²) in [5.41, 5.74) is 1.09. The molecule has 76 valence electrons. The van der Waals surface area contributed by atoms with Gasteiger partial charge in [-0.1, -0.05) is 10.3 Å². The van der Waals surface area contributed by atoms with E-state index in [0.29, 0.717) is 16.1 Å². The van der Waals surface area contributed by atoms with Crippen LogP contribution >= 0.6 is 24.8 Å². The average molecular weight is 238 g/mol. The molecule has 1 N–H and O–H groups in total. The highest BCUT2D eigenvalue weighted by molar-refractivity contribution is 7.80. The zero-order valence-electron chi connectivity index (χ0n) is 7.41. The van der Waals surface area contributed by atoms with Gasteiger partial charge in [-0.05, 0) is 30.4 Å². The van der Waals surface area contributed by atoms with Crippen molar-refractivity contribution in [3.63, 3.8) is 0 Å². The van der Waals surface area contributed by atoms with E-state index in [4.69, 9.17) is 12.2 Å². The lowest BCUT2D eigenvalue weighted by Crippen LogP contribution is -2.01. The number of nitrogens with one attached hydrogen (secondary N) is 1. The topological polar surface area (TPSA) is 63.6 Å². The summed E-state index contributed by atoms with van der Waals surface area (Å²) in [5.74, 6) is 0. The van der Waals surface area contributed by atoms with Gasteiger partial charge in [-0.15, -0.1) is 12.6 Å². The van der Waals surface area contributed by atoms with Crippen molar-refractivity contribution < 1.29 is 4.79 Å². The summed E-state index contributed by atoms with van der Waals surface area (Å²) >= 11 is 9.07. The lowest BCUT2D eigenvalue weighted by Gasteiger charge is -2.04. The molecule has 0 aliphatic heterocycles. The van der Waals surface area contributed by atoms with Crippen molar-refractivity contribution in [2.45, 2.75) is 4.90 Å². The van der Waals surface area contributed by atoms with Crippen molar-refractivity contribution in [1.82, 2.24) is 20.2 Å². The Morgan fingerprint density at radius 3 is 2.93 bits per heavy atom.